The minimum Gasteiger partial charge on any atom is -0.372 e. The van der Waals surface area contributed by atoms with Gasteiger partial charge in [-0.2, -0.15) is 0 Å². The molecule has 2 N–H and O–H groups in total. The molecule has 0 aromatic heterocycles. The summed E-state index contributed by atoms with van der Waals surface area (Å²) in [5, 5.41) is 10.8. The van der Waals surface area contributed by atoms with Crippen molar-refractivity contribution in [2.24, 2.45) is 11.7 Å². The average molecular weight is 263 g/mol. The van der Waals surface area contributed by atoms with Crippen LogP contribution in [0.2, 0.25) is 0 Å². The Hall–Kier alpha value is -1.62. The molecule has 1 aliphatic heterocycles. The molecule has 0 saturated carbocycles. The van der Waals surface area contributed by atoms with E-state index in [1.165, 1.54) is 0 Å². The number of aryl methyl sites for hydroxylation is 1. The summed E-state index contributed by atoms with van der Waals surface area (Å²) in [7, 11) is 0. The van der Waals surface area contributed by atoms with Gasteiger partial charge >= 0.3 is 0 Å². The van der Waals surface area contributed by atoms with E-state index in [1.807, 2.05) is 12.1 Å². The Balaban J connectivity index is 2.04. The summed E-state index contributed by atoms with van der Waals surface area (Å²) in [6.07, 6.45) is 3.42. The molecule has 5 heteroatoms. The Bertz CT molecular complexity index is 454. The predicted octanol–water partition coefficient (Wildman–Crippen LogP) is 2.47. The SMILES string of the molecule is Cc1cc(N2CCC(CCN)CC2)ccc1[N+](=O)[O-]. The van der Waals surface area contributed by atoms with Gasteiger partial charge in [0.1, 0.15) is 0 Å². The first-order valence-electron chi connectivity index (χ1n) is 6.82. The van der Waals surface area contributed by atoms with E-state index in [9.17, 15) is 10.1 Å². The normalized spacial score (nSPS) is 16.6. The second kappa shape index (κ2) is 6.02. The Morgan fingerprint density at radius 1 is 1.42 bits per heavy atom. The maximum Gasteiger partial charge on any atom is 0.272 e. The van der Waals surface area contributed by atoms with Gasteiger partial charge in [-0.25, -0.2) is 0 Å². The lowest BCUT2D eigenvalue weighted by Gasteiger charge is -2.33. The van der Waals surface area contributed by atoms with E-state index in [0.717, 1.165) is 56.1 Å². The number of hydrogen-bond acceptors (Lipinski definition) is 4. The third kappa shape index (κ3) is 3.23. The van der Waals surface area contributed by atoms with Crippen LogP contribution in [0, 0.1) is 23.0 Å². The van der Waals surface area contributed by atoms with Crippen molar-refractivity contribution in [2.45, 2.75) is 26.2 Å². The largest absolute Gasteiger partial charge is 0.372 e. The fraction of sp³-hybridized carbons (Fsp3) is 0.571. The van der Waals surface area contributed by atoms with Gasteiger partial charge in [-0.3, -0.25) is 10.1 Å². The van der Waals surface area contributed by atoms with Gasteiger partial charge in [-0.15, -0.1) is 0 Å². The number of nitro groups is 1. The molecule has 1 heterocycles. The standard InChI is InChI=1S/C14H21N3O2/c1-11-10-13(2-3-14(11)17(18)19)16-8-5-12(4-7-15)6-9-16/h2-3,10,12H,4-9,15H2,1H3. The zero-order valence-corrected chi connectivity index (χ0v) is 11.3. The summed E-state index contributed by atoms with van der Waals surface area (Å²) in [6, 6.07) is 5.38. The molecule has 0 unspecified atom stereocenters. The Morgan fingerprint density at radius 2 is 2.11 bits per heavy atom. The molecule has 0 radical (unpaired) electrons. The molecule has 104 valence electrons. The van der Waals surface area contributed by atoms with Crippen LogP contribution in [0.15, 0.2) is 18.2 Å². The molecule has 1 aromatic carbocycles. The molecule has 1 aliphatic rings. The molecule has 0 bridgehead atoms. The van der Waals surface area contributed by atoms with Crippen molar-refractivity contribution in [2.75, 3.05) is 24.5 Å². The molecule has 2 rings (SSSR count). The summed E-state index contributed by atoms with van der Waals surface area (Å²) in [5.74, 6) is 0.736. The Labute approximate surface area is 113 Å². The molecule has 1 saturated heterocycles. The number of benzene rings is 1. The molecule has 1 fully saturated rings. The number of hydrogen-bond donors (Lipinski definition) is 1. The Morgan fingerprint density at radius 3 is 2.63 bits per heavy atom. The zero-order chi connectivity index (χ0) is 13.8. The predicted molar refractivity (Wildman–Crippen MR) is 76.4 cm³/mol. The lowest BCUT2D eigenvalue weighted by molar-refractivity contribution is -0.385. The van der Waals surface area contributed by atoms with Gasteiger partial charge in [0.15, 0.2) is 0 Å². The van der Waals surface area contributed by atoms with Crippen molar-refractivity contribution in [3.05, 3.63) is 33.9 Å². The van der Waals surface area contributed by atoms with Crippen LogP contribution < -0.4 is 10.6 Å². The highest BCUT2D eigenvalue weighted by atomic mass is 16.6. The topological polar surface area (TPSA) is 72.4 Å². The van der Waals surface area contributed by atoms with Crippen molar-refractivity contribution in [1.82, 2.24) is 0 Å². The highest BCUT2D eigenvalue weighted by Crippen LogP contribution is 2.28. The summed E-state index contributed by atoms with van der Waals surface area (Å²) in [5.41, 5.74) is 7.61. The number of nitrogens with two attached hydrogens (primary N) is 1. The molecule has 0 aliphatic carbocycles. The molecule has 5 nitrogen and oxygen atoms in total. The van der Waals surface area contributed by atoms with Crippen LogP contribution in [0.3, 0.4) is 0 Å². The van der Waals surface area contributed by atoms with Gasteiger partial charge in [-0.05, 0) is 50.8 Å². The lowest BCUT2D eigenvalue weighted by atomic mass is 9.93. The van der Waals surface area contributed by atoms with E-state index in [4.69, 9.17) is 5.73 Å². The van der Waals surface area contributed by atoms with Crippen molar-refractivity contribution in [3.63, 3.8) is 0 Å². The molecule has 1 aromatic rings. The van der Waals surface area contributed by atoms with E-state index in [-0.39, 0.29) is 10.6 Å². The number of rotatable bonds is 4. The van der Waals surface area contributed by atoms with Crippen LogP contribution in [-0.2, 0) is 0 Å². The lowest BCUT2D eigenvalue weighted by Crippen LogP contribution is -2.34. The maximum atomic E-state index is 10.8. The third-order valence-corrected chi connectivity index (χ3v) is 3.93. The first kappa shape index (κ1) is 13.8. The number of anilines is 1. The highest BCUT2D eigenvalue weighted by molar-refractivity contribution is 5.55. The summed E-state index contributed by atoms with van der Waals surface area (Å²) in [6.45, 7) is 4.59. The van der Waals surface area contributed by atoms with Crippen molar-refractivity contribution >= 4 is 11.4 Å². The second-order valence-electron chi connectivity index (χ2n) is 5.24. The van der Waals surface area contributed by atoms with E-state index in [1.54, 1.807) is 13.0 Å². The first-order chi connectivity index (χ1) is 9.11. The van der Waals surface area contributed by atoms with Gasteiger partial charge in [0, 0.05) is 30.4 Å². The van der Waals surface area contributed by atoms with E-state index in [2.05, 4.69) is 4.90 Å². The quantitative estimate of drug-likeness (QED) is 0.669. The smallest absolute Gasteiger partial charge is 0.272 e. The van der Waals surface area contributed by atoms with E-state index >= 15 is 0 Å². The van der Waals surface area contributed by atoms with Gasteiger partial charge in [0.2, 0.25) is 0 Å². The number of piperidine rings is 1. The van der Waals surface area contributed by atoms with E-state index < -0.39 is 0 Å². The number of nitrogens with zero attached hydrogens (tertiary/aromatic N) is 2. The van der Waals surface area contributed by atoms with Crippen LogP contribution in [0.4, 0.5) is 11.4 Å². The van der Waals surface area contributed by atoms with Crippen LogP contribution in [-0.4, -0.2) is 24.6 Å². The van der Waals surface area contributed by atoms with Gasteiger partial charge in [0.05, 0.1) is 4.92 Å². The maximum absolute atomic E-state index is 10.8. The van der Waals surface area contributed by atoms with Gasteiger partial charge in [-0.1, -0.05) is 0 Å². The monoisotopic (exact) mass is 263 g/mol. The highest BCUT2D eigenvalue weighted by Gasteiger charge is 2.20. The summed E-state index contributed by atoms with van der Waals surface area (Å²) in [4.78, 5) is 12.8. The van der Waals surface area contributed by atoms with Crippen LogP contribution >= 0.6 is 0 Å². The van der Waals surface area contributed by atoms with Crippen LogP contribution in [0.1, 0.15) is 24.8 Å². The fourth-order valence-corrected chi connectivity index (χ4v) is 2.76. The van der Waals surface area contributed by atoms with Crippen LogP contribution in [0.5, 0.6) is 0 Å². The zero-order valence-electron chi connectivity index (χ0n) is 11.3. The molecule has 0 atom stereocenters. The summed E-state index contributed by atoms with van der Waals surface area (Å²) >= 11 is 0. The van der Waals surface area contributed by atoms with Crippen molar-refractivity contribution in [3.8, 4) is 0 Å². The van der Waals surface area contributed by atoms with E-state index in [0.29, 0.717) is 0 Å². The minimum absolute atomic E-state index is 0.196. The van der Waals surface area contributed by atoms with Crippen molar-refractivity contribution in [1.29, 1.82) is 0 Å². The fourth-order valence-electron chi connectivity index (χ4n) is 2.76. The average Bonchev–Trinajstić information content (AvgIpc) is 2.39. The minimum atomic E-state index is -0.327. The Kier molecular flexibility index (Phi) is 4.37. The molecular weight excluding hydrogens is 242 g/mol. The molecule has 0 amide bonds. The second-order valence-corrected chi connectivity index (χ2v) is 5.24. The molecule has 0 spiro atoms. The first-order valence-corrected chi connectivity index (χ1v) is 6.82. The van der Waals surface area contributed by atoms with Gasteiger partial charge in [0.25, 0.3) is 5.69 Å². The van der Waals surface area contributed by atoms with Gasteiger partial charge < -0.3 is 10.6 Å². The third-order valence-electron chi connectivity index (χ3n) is 3.93. The molecular formula is C14H21N3O2. The van der Waals surface area contributed by atoms with Crippen LogP contribution in [0.25, 0.3) is 0 Å². The summed E-state index contributed by atoms with van der Waals surface area (Å²) < 4.78 is 0. The molecule has 19 heavy (non-hydrogen) atoms. The van der Waals surface area contributed by atoms with Crippen molar-refractivity contribution < 1.29 is 4.92 Å². The number of nitro benzene ring substituents is 1.